The number of nitrogens with one attached hydrogen (secondary N) is 3. The molecule has 0 radical (unpaired) electrons. The van der Waals surface area contributed by atoms with Gasteiger partial charge in [0, 0.05) is 0 Å². The Kier molecular flexibility index (Phi) is 13.3. The van der Waals surface area contributed by atoms with Crippen LogP contribution in [0.5, 0.6) is 0 Å². The Balaban J connectivity index is 5.61. The van der Waals surface area contributed by atoms with Crippen LogP contribution in [0.1, 0.15) is 67.2 Å². The molecule has 0 rings (SSSR count). The summed E-state index contributed by atoms with van der Waals surface area (Å²) in [5.74, 6) is -4.43. The van der Waals surface area contributed by atoms with E-state index in [9.17, 15) is 29.1 Å². The molecule has 0 aliphatic heterocycles. The summed E-state index contributed by atoms with van der Waals surface area (Å²) in [6.45, 7) is 11.1. The molecule has 8 N–H and O–H groups in total. The zero-order valence-electron chi connectivity index (χ0n) is 20.5. The molecular formula is C22H41N5O6. The van der Waals surface area contributed by atoms with Crippen LogP contribution in [0.4, 0.5) is 0 Å². The molecule has 6 atom stereocenters. The maximum Gasteiger partial charge on any atom is 0.326 e. The van der Waals surface area contributed by atoms with E-state index in [1.165, 1.54) is 0 Å². The largest absolute Gasteiger partial charge is 0.480 e. The number of primary amides is 1. The topological polar surface area (TPSA) is 194 Å². The third-order valence-electron chi connectivity index (χ3n) is 5.71. The number of amides is 4. The highest BCUT2D eigenvalue weighted by Gasteiger charge is 2.33. The first-order valence-corrected chi connectivity index (χ1v) is 11.4. The van der Waals surface area contributed by atoms with Crippen LogP contribution in [0.15, 0.2) is 0 Å². The van der Waals surface area contributed by atoms with Crippen LogP contribution in [0, 0.1) is 17.8 Å². The van der Waals surface area contributed by atoms with Gasteiger partial charge in [0.2, 0.25) is 23.6 Å². The van der Waals surface area contributed by atoms with E-state index in [0.29, 0.717) is 12.8 Å². The molecule has 190 valence electrons. The van der Waals surface area contributed by atoms with E-state index in [0.717, 1.165) is 0 Å². The summed E-state index contributed by atoms with van der Waals surface area (Å²) in [6.07, 6.45) is 0.912. The number of aliphatic carboxylic acids is 1. The number of carboxylic acids is 1. The fourth-order valence-electron chi connectivity index (χ4n) is 3.10. The van der Waals surface area contributed by atoms with Crippen molar-refractivity contribution in [3.8, 4) is 0 Å². The van der Waals surface area contributed by atoms with Crippen LogP contribution in [-0.4, -0.2) is 58.9 Å². The van der Waals surface area contributed by atoms with Crippen molar-refractivity contribution < 1.29 is 29.1 Å². The molecule has 0 spiro atoms. The van der Waals surface area contributed by atoms with E-state index < -0.39 is 60.2 Å². The Morgan fingerprint density at radius 1 is 0.788 bits per heavy atom. The lowest BCUT2D eigenvalue weighted by Crippen LogP contribution is -2.59. The Morgan fingerprint density at radius 2 is 1.30 bits per heavy atom. The van der Waals surface area contributed by atoms with Gasteiger partial charge >= 0.3 is 5.97 Å². The highest BCUT2D eigenvalue weighted by Crippen LogP contribution is 2.13. The summed E-state index contributed by atoms with van der Waals surface area (Å²) >= 11 is 0. The predicted octanol–water partition coefficient (Wildman–Crippen LogP) is -0.134. The molecular weight excluding hydrogens is 430 g/mol. The van der Waals surface area contributed by atoms with E-state index in [-0.39, 0.29) is 24.2 Å². The normalized spacial score (nSPS) is 16.6. The Bertz CT molecular complexity index is 699. The lowest BCUT2D eigenvalue weighted by atomic mass is 9.94. The second kappa shape index (κ2) is 14.5. The van der Waals surface area contributed by atoms with Crippen LogP contribution in [-0.2, 0) is 24.0 Å². The lowest BCUT2D eigenvalue weighted by Gasteiger charge is -2.29. The van der Waals surface area contributed by atoms with Crippen molar-refractivity contribution in [2.75, 3.05) is 0 Å². The lowest BCUT2D eigenvalue weighted by molar-refractivity contribution is -0.144. The summed E-state index contributed by atoms with van der Waals surface area (Å²) in [5, 5.41) is 16.9. The number of carboxylic acid groups (broad SMARTS) is 1. The molecule has 0 aliphatic carbocycles. The van der Waals surface area contributed by atoms with E-state index in [1.54, 1.807) is 6.92 Å². The maximum absolute atomic E-state index is 13.1. The quantitative estimate of drug-likeness (QED) is 0.191. The average molecular weight is 472 g/mol. The first-order chi connectivity index (χ1) is 15.2. The van der Waals surface area contributed by atoms with Crippen molar-refractivity contribution in [3.05, 3.63) is 0 Å². The molecule has 0 fully saturated rings. The van der Waals surface area contributed by atoms with Crippen molar-refractivity contribution in [3.63, 3.8) is 0 Å². The smallest absolute Gasteiger partial charge is 0.326 e. The van der Waals surface area contributed by atoms with Gasteiger partial charge in [0.25, 0.3) is 0 Å². The molecule has 0 aromatic carbocycles. The summed E-state index contributed by atoms with van der Waals surface area (Å²) in [5.41, 5.74) is 11.1. The molecule has 0 aromatic heterocycles. The van der Waals surface area contributed by atoms with Gasteiger partial charge in [-0.3, -0.25) is 19.2 Å². The van der Waals surface area contributed by atoms with Gasteiger partial charge in [-0.1, -0.05) is 54.4 Å². The van der Waals surface area contributed by atoms with Gasteiger partial charge in [-0.25, -0.2) is 4.79 Å². The van der Waals surface area contributed by atoms with Gasteiger partial charge in [0.05, 0.1) is 12.5 Å². The highest BCUT2D eigenvalue weighted by molar-refractivity contribution is 5.95. The van der Waals surface area contributed by atoms with E-state index in [4.69, 9.17) is 11.5 Å². The molecule has 0 aromatic rings. The minimum Gasteiger partial charge on any atom is -0.480 e. The van der Waals surface area contributed by atoms with Crippen molar-refractivity contribution in [2.45, 2.75) is 91.4 Å². The maximum atomic E-state index is 13.1. The summed E-state index contributed by atoms with van der Waals surface area (Å²) in [7, 11) is 0. The minimum absolute atomic E-state index is 0.0177. The van der Waals surface area contributed by atoms with Gasteiger partial charge in [-0.2, -0.15) is 0 Å². The second-order valence-corrected chi connectivity index (χ2v) is 9.04. The Morgan fingerprint density at radius 3 is 1.73 bits per heavy atom. The van der Waals surface area contributed by atoms with Crippen molar-refractivity contribution in [1.82, 2.24) is 16.0 Å². The van der Waals surface area contributed by atoms with Crippen LogP contribution in [0.2, 0.25) is 0 Å². The summed E-state index contributed by atoms with van der Waals surface area (Å²) < 4.78 is 0. The second-order valence-electron chi connectivity index (χ2n) is 9.04. The predicted molar refractivity (Wildman–Crippen MR) is 124 cm³/mol. The summed E-state index contributed by atoms with van der Waals surface area (Å²) in [4.78, 5) is 61.0. The summed E-state index contributed by atoms with van der Waals surface area (Å²) in [6, 6.07) is -4.30. The molecule has 6 unspecified atom stereocenters. The molecule has 33 heavy (non-hydrogen) atoms. The molecule has 0 bridgehead atoms. The molecule has 4 amide bonds. The third kappa shape index (κ3) is 10.6. The monoisotopic (exact) mass is 471 g/mol. The van der Waals surface area contributed by atoms with Crippen molar-refractivity contribution in [2.24, 2.45) is 29.2 Å². The Hall–Kier alpha value is -2.69. The van der Waals surface area contributed by atoms with Crippen LogP contribution in [0.3, 0.4) is 0 Å². The molecule has 0 saturated carbocycles. The molecule has 11 nitrogen and oxygen atoms in total. The average Bonchev–Trinajstić information content (AvgIpc) is 2.73. The molecule has 11 heteroatoms. The number of rotatable bonds is 15. The molecule has 0 saturated heterocycles. The number of carbonyl (C=O) groups excluding carboxylic acids is 4. The number of hydrogen-bond donors (Lipinski definition) is 6. The molecule has 0 heterocycles. The van der Waals surface area contributed by atoms with Crippen LogP contribution >= 0.6 is 0 Å². The van der Waals surface area contributed by atoms with Crippen LogP contribution in [0.25, 0.3) is 0 Å². The number of carbonyl (C=O) groups is 5. The van der Waals surface area contributed by atoms with Crippen molar-refractivity contribution in [1.29, 1.82) is 0 Å². The van der Waals surface area contributed by atoms with E-state index >= 15 is 0 Å². The minimum atomic E-state index is -1.51. The first-order valence-electron chi connectivity index (χ1n) is 11.4. The van der Waals surface area contributed by atoms with Gasteiger partial charge in [-0.15, -0.1) is 0 Å². The van der Waals surface area contributed by atoms with Crippen molar-refractivity contribution >= 4 is 29.6 Å². The van der Waals surface area contributed by atoms with Crippen LogP contribution < -0.4 is 27.4 Å². The fourth-order valence-corrected chi connectivity index (χ4v) is 3.10. The van der Waals surface area contributed by atoms with E-state index in [2.05, 4.69) is 16.0 Å². The Labute approximate surface area is 195 Å². The third-order valence-corrected chi connectivity index (χ3v) is 5.71. The zero-order valence-corrected chi connectivity index (χ0v) is 20.5. The van der Waals surface area contributed by atoms with Gasteiger partial charge < -0.3 is 32.5 Å². The number of nitrogens with two attached hydrogens (primary N) is 2. The molecule has 0 aliphatic rings. The first kappa shape index (κ1) is 30.3. The van der Waals surface area contributed by atoms with Gasteiger partial charge in [-0.05, 0) is 24.2 Å². The number of hydrogen-bond acceptors (Lipinski definition) is 6. The fraction of sp³-hybridized carbons (Fsp3) is 0.773. The van der Waals surface area contributed by atoms with Gasteiger partial charge in [0.15, 0.2) is 0 Å². The zero-order chi connectivity index (χ0) is 25.9. The SMILES string of the molecule is CCC(C)C(N)C(=O)NC(C(=O)NC(CC(C)C)C(=O)NC(CC(N)=O)C(=O)O)C(C)CC. The standard InChI is InChI=1S/C22H41N5O6/c1-7-12(5)17(24)20(30)27-18(13(6)8-2)21(31)25-14(9-11(3)4)19(29)26-15(22(32)33)10-16(23)28/h11-15,17-18H,7-10,24H2,1-6H3,(H2,23,28)(H,25,31)(H,26,29)(H,27,30)(H,32,33). The van der Waals surface area contributed by atoms with Gasteiger partial charge in [0.1, 0.15) is 18.1 Å². The highest BCUT2D eigenvalue weighted by atomic mass is 16.4. The van der Waals surface area contributed by atoms with E-state index in [1.807, 2.05) is 34.6 Å².